The van der Waals surface area contributed by atoms with Crippen LogP contribution >= 0.6 is 15.9 Å². The number of sulfonamides is 1. The number of ether oxygens (including phenoxy) is 1. The van der Waals surface area contributed by atoms with Gasteiger partial charge in [-0.1, -0.05) is 22.0 Å². The summed E-state index contributed by atoms with van der Waals surface area (Å²) in [7, 11) is -3.50. The first-order chi connectivity index (χ1) is 11.0. The molecular formula is C16H15BrN2O3S. The maximum atomic E-state index is 12.5. The topological polar surface area (TPSA) is 58.6 Å². The minimum absolute atomic E-state index is 0.121. The fourth-order valence-corrected chi connectivity index (χ4v) is 4.94. The standard InChI is InChI=1S/C16H15BrN2O3S/c17-11-3-1-4-12(9-11)22-13-6-7-14-15(10-13)23(20,21)18-16-5-2-8-19(14)16/h1,3-4,6-7,9-10,16,18H,2,5,8H2. The molecule has 2 aromatic carbocycles. The maximum absolute atomic E-state index is 12.5. The van der Waals surface area contributed by atoms with Crippen LogP contribution in [0.15, 0.2) is 51.8 Å². The smallest absolute Gasteiger partial charge is 0.244 e. The number of rotatable bonds is 2. The fourth-order valence-electron chi connectivity index (χ4n) is 3.10. The van der Waals surface area contributed by atoms with Crippen molar-refractivity contribution in [1.82, 2.24) is 4.72 Å². The number of fused-ring (bicyclic) bond motifs is 3. The lowest BCUT2D eigenvalue weighted by atomic mass is 10.2. The number of benzene rings is 2. The molecule has 0 radical (unpaired) electrons. The summed E-state index contributed by atoms with van der Waals surface area (Å²) in [5.41, 5.74) is 0.757. The Morgan fingerprint density at radius 3 is 2.83 bits per heavy atom. The monoisotopic (exact) mass is 394 g/mol. The minimum Gasteiger partial charge on any atom is -0.457 e. The van der Waals surface area contributed by atoms with Gasteiger partial charge in [-0.25, -0.2) is 8.42 Å². The van der Waals surface area contributed by atoms with Gasteiger partial charge in [0.1, 0.15) is 16.4 Å². The van der Waals surface area contributed by atoms with Gasteiger partial charge in [-0.3, -0.25) is 0 Å². The predicted molar refractivity (Wildman–Crippen MR) is 91.3 cm³/mol. The van der Waals surface area contributed by atoms with Crippen LogP contribution in [-0.2, 0) is 10.0 Å². The van der Waals surface area contributed by atoms with Crippen molar-refractivity contribution >= 4 is 31.6 Å². The number of anilines is 1. The second-order valence-corrected chi connectivity index (χ2v) is 8.26. The molecule has 1 atom stereocenters. The molecule has 0 aliphatic carbocycles. The third kappa shape index (κ3) is 2.73. The summed E-state index contributed by atoms with van der Waals surface area (Å²) in [6, 6.07) is 12.7. The SMILES string of the molecule is O=S1(=O)NC2CCCN2c2ccc(Oc3cccc(Br)c3)cc21. The molecule has 1 saturated heterocycles. The van der Waals surface area contributed by atoms with E-state index in [9.17, 15) is 8.42 Å². The molecule has 2 heterocycles. The van der Waals surface area contributed by atoms with E-state index in [0.717, 1.165) is 29.5 Å². The molecule has 5 nitrogen and oxygen atoms in total. The lowest BCUT2D eigenvalue weighted by Crippen LogP contribution is -2.48. The first-order valence-corrected chi connectivity index (χ1v) is 9.67. The molecule has 7 heteroatoms. The first-order valence-electron chi connectivity index (χ1n) is 7.39. The van der Waals surface area contributed by atoms with Gasteiger partial charge in [0.25, 0.3) is 0 Å². The Morgan fingerprint density at radius 2 is 2.00 bits per heavy atom. The van der Waals surface area contributed by atoms with E-state index < -0.39 is 10.0 Å². The second kappa shape index (κ2) is 5.51. The van der Waals surface area contributed by atoms with E-state index in [4.69, 9.17) is 4.74 Å². The predicted octanol–water partition coefficient (Wildman–Crippen LogP) is 3.46. The summed E-state index contributed by atoms with van der Waals surface area (Å²) in [5.74, 6) is 1.16. The third-order valence-electron chi connectivity index (χ3n) is 4.11. The number of nitrogens with one attached hydrogen (secondary N) is 1. The number of halogens is 1. The van der Waals surface area contributed by atoms with Gasteiger partial charge in [0.2, 0.25) is 10.0 Å². The van der Waals surface area contributed by atoms with E-state index in [1.807, 2.05) is 36.4 Å². The van der Waals surface area contributed by atoms with Gasteiger partial charge in [-0.15, -0.1) is 0 Å². The summed E-state index contributed by atoms with van der Waals surface area (Å²) in [6.45, 7) is 0.867. The summed E-state index contributed by atoms with van der Waals surface area (Å²) >= 11 is 3.39. The Hall–Kier alpha value is -1.57. The lowest BCUT2D eigenvalue weighted by Gasteiger charge is -2.33. The molecule has 0 aromatic heterocycles. The van der Waals surface area contributed by atoms with Crippen molar-refractivity contribution in [3.8, 4) is 11.5 Å². The van der Waals surface area contributed by atoms with Crippen molar-refractivity contribution < 1.29 is 13.2 Å². The van der Waals surface area contributed by atoms with Gasteiger partial charge in [0.05, 0.1) is 11.9 Å². The number of hydrogen-bond acceptors (Lipinski definition) is 4. The molecule has 1 fully saturated rings. The Kier molecular flexibility index (Phi) is 3.59. The molecule has 1 N–H and O–H groups in total. The van der Waals surface area contributed by atoms with Crippen molar-refractivity contribution in [1.29, 1.82) is 0 Å². The molecule has 1 unspecified atom stereocenters. The Bertz CT molecular complexity index is 869. The molecule has 0 saturated carbocycles. The fraction of sp³-hybridized carbons (Fsp3) is 0.250. The first kappa shape index (κ1) is 15.0. The minimum atomic E-state index is -3.50. The van der Waals surface area contributed by atoms with Crippen LogP contribution in [0.3, 0.4) is 0 Å². The molecule has 23 heavy (non-hydrogen) atoms. The molecule has 120 valence electrons. The van der Waals surface area contributed by atoms with E-state index >= 15 is 0 Å². The van der Waals surface area contributed by atoms with Crippen LogP contribution in [0.1, 0.15) is 12.8 Å². The van der Waals surface area contributed by atoms with Crippen LogP contribution in [0.2, 0.25) is 0 Å². The van der Waals surface area contributed by atoms with Crippen molar-refractivity contribution in [3.05, 3.63) is 46.9 Å². The van der Waals surface area contributed by atoms with E-state index in [2.05, 4.69) is 25.6 Å². The average Bonchev–Trinajstić information content (AvgIpc) is 2.95. The zero-order valence-electron chi connectivity index (χ0n) is 12.2. The normalized spacial score (nSPS) is 21.6. The van der Waals surface area contributed by atoms with E-state index in [1.54, 1.807) is 6.07 Å². The van der Waals surface area contributed by atoms with Crippen LogP contribution in [0.25, 0.3) is 0 Å². The van der Waals surface area contributed by atoms with Gasteiger partial charge in [-0.2, -0.15) is 4.72 Å². The molecule has 0 spiro atoms. The van der Waals surface area contributed by atoms with Crippen molar-refractivity contribution in [2.75, 3.05) is 11.4 Å². The zero-order valence-corrected chi connectivity index (χ0v) is 14.6. The molecule has 4 rings (SSSR count). The third-order valence-corrected chi connectivity index (χ3v) is 6.09. The highest BCUT2D eigenvalue weighted by Crippen LogP contribution is 2.38. The van der Waals surface area contributed by atoms with Gasteiger partial charge < -0.3 is 9.64 Å². The van der Waals surface area contributed by atoms with Crippen LogP contribution in [0.4, 0.5) is 5.69 Å². The molecule has 2 aromatic rings. The molecule has 0 amide bonds. The Morgan fingerprint density at radius 1 is 1.17 bits per heavy atom. The Labute approximate surface area is 143 Å². The quantitative estimate of drug-likeness (QED) is 0.846. The summed E-state index contributed by atoms with van der Waals surface area (Å²) in [6.07, 6.45) is 1.71. The van der Waals surface area contributed by atoms with Crippen LogP contribution < -0.4 is 14.4 Å². The molecule has 2 aliphatic rings. The highest BCUT2D eigenvalue weighted by Gasteiger charge is 2.37. The van der Waals surface area contributed by atoms with Crippen LogP contribution in [0.5, 0.6) is 11.5 Å². The highest BCUT2D eigenvalue weighted by atomic mass is 79.9. The lowest BCUT2D eigenvalue weighted by molar-refractivity contribution is 0.478. The summed E-state index contributed by atoms with van der Waals surface area (Å²) in [5, 5.41) is 0. The van der Waals surface area contributed by atoms with Crippen molar-refractivity contribution in [2.24, 2.45) is 0 Å². The van der Waals surface area contributed by atoms with Gasteiger partial charge in [-0.05, 0) is 43.2 Å². The zero-order chi connectivity index (χ0) is 16.0. The van der Waals surface area contributed by atoms with Crippen LogP contribution in [-0.4, -0.2) is 21.1 Å². The van der Waals surface area contributed by atoms with E-state index in [0.29, 0.717) is 11.5 Å². The molecule has 0 bridgehead atoms. The Balaban J connectivity index is 1.73. The average molecular weight is 395 g/mol. The van der Waals surface area contributed by atoms with Crippen molar-refractivity contribution in [3.63, 3.8) is 0 Å². The number of hydrogen-bond donors (Lipinski definition) is 1. The number of nitrogens with zero attached hydrogens (tertiary/aromatic N) is 1. The largest absolute Gasteiger partial charge is 0.457 e. The highest BCUT2D eigenvalue weighted by molar-refractivity contribution is 9.10. The second-order valence-electron chi connectivity index (χ2n) is 5.66. The van der Waals surface area contributed by atoms with Gasteiger partial charge >= 0.3 is 0 Å². The van der Waals surface area contributed by atoms with E-state index in [1.165, 1.54) is 0 Å². The summed E-state index contributed by atoms with van der Waals surface area (Å²) in [4.78, 5) is 2.39. The summed E-state index contributed by atoms with van der Waals surface area (Å²) < 4.78 is 34.4. The van der Waals surface area contributed by atoms with Gasteiger partial charge in [0.15, 0.2) is 0 Å². The molecular weight excluding hydrogens is 380 g/mol. The maximum Gasteiger partial charge on any atom is 0.244 e. The van der Waals surface area contributed by atoms with Crippen LogP contribution in [0, 0.1) is 0 Å². The van der Waals surface area contributed by atoms with Crippen molar-refractivity contribution in [2.45, 2.75) is 23.9 Å². The van der Waals surface area contributed by atoms with Gasteiger partial charge in [0, 0.05) is 17.1 Å². The van der Waals surface area contributed by atoms with E-state index in [-0.39, 0.29) is 11.1 Å². The molecule has 2 aliphatic heterocycles.